The number of carbonyl (C=O) groups is 2. The van der Waals surface area contributed by atoms with Gasteiger partial charge in [0.25, 0.3) is 11.8 Å². The van der Waals surface area contributed by atoms with Gasteiger partial charge < -0.3 is 20.1 Å². The third kappa shape index (κ3) is 5.67. The topological polar surface area (TPSA) is 79.9 Å². The number of carbonyl (C=O) groups excluding carboxylic acids is 2. The third-order valence-corrected chi connectivity index (χ3v) is 5.53. The zero-order valence-electron chi connectivity index (χ0n) is 19.4. The van der Waals surface area contributed by atoms with Crippen molar-refractivity contribution in [3.63, 3.8) is 0 Å². The van der Waals surface area contributed by atoms with Gasteiger partial charge in [-0.2, -0.15) is 0 Å². The van der Waals surface area contributed by atoms with E-state index in [1.165, 1.54) is 4.90 Å². The molecule has 1 aliphatic heterocycles. The van der Waals surface area contributed by atoms with Gasteiger partial charge in [0.15, 0.2) is 23.2 Å². The first-order valence-corrected chi connectivity index (χ1v) is 11.5. The summed E-state index contributed by atoms with van der Waals surface area (Å²) < 4.78 is 11.5. The van der Waals surface area contributed by atoms with Crippen LogP contribution in [-0.2, 0) is 9.59 Å². The minimum absolute atomic E-state index is 0.171. The predicted molar refractivity (Wildman–Crippen MR) is 141 cm³/mol. The summed E-state index contributed by atoms with van der Waals surface area (Å²) in [7, 11) is 0. The first kappa shape index (κ1) is 24.0. The van der Waals surface area contributed by atoms with E-state index in [2.05, 4.69) is 10.6 Å². The first-order chi connectivity index (χ1) is 17.0. The fraction of sp³-hybridized carbons (Fsp3) is 0.148. The number of nitrogens with zero attached hydrogens (tertiary/aromatic N) is 1. The van der Waals surface area contributed by atoms with E-state index >= 15 is 0 Å². The van der Waals surface area contributed by atoms with Gasteiger partial charge in [0.1, 0.15) is 5.70 Å². The van der Waals surface area contributed by atoms with Crippen molar-refractivity contribution in [1.82, 2.24) is 5.32 Å². The molecule has 1 saturated heterocycles. The minimum atomic E-state index is -0.275. The van der Waals surface area contributed by atoms with Crippen molar-refractivity contribution in [2.45, 2.75) is 13.8 Å². The predicted octanol–water partition coefficient (Wildman–Crippen LogP) is 4.67. The smallest absolute Gasteiger partial charge is 0.281 e. The molecule has 0 bridgehead atoms. The molecule has 0 aromatic heterocycles. The van der Waals surface area contributed by atoms with Crippen LogP contribution < -0.4 is 25.0 Å². The number of thiocarbonyl (C=S) groups is 1. The lowest BCUT2D eigenvalue weighted by Gasteiger charge is -2.14. The maximum Gasteiger partial charge on any atom is 0.281 e. The van der Waals surface area contributed by atoms with Crippen LogP contribution in [0.4, 0.5) is 11.4 Å². The van der Waals surface area contributed by atoms with Crippen molar-refractivity contribution < 1.29 is 19.1 Å². The van der Waals surface area contributed by atoms with Crippen LogP contribution >= 0.6 is 12.2 Å². The van der Waals surface area contributed by atoms with Crippen molar-refractivity contribution in [1.29, 1.82) is 0 Å². The van der Waals surface area contributed by atoms with Crippen molar-refractivity contribution in [2.24, 2.45) is 0 Å². The zero-order valence-corrected chi connectivity index (χ0v) is 20.2. The van der Waals surface area contributed by atoms with Gasteiger partial charge in [0.2, 0.25) is 0 Å². The summed E-state index contributed by atoms with van der Waals surface area (Å²) in [4.78, 5) is 26.8. The molecule has 2 amide bonds. The molecule has 0 spiro atoms. The fourth-order valence-corrected chi connectivity index (χ4v) is 3.86. The Kier molecular flexibility index (Phi) is 7.42. The molecule has 0 saturated carbocycles. The van der Waals surface area contributed by atoms with Crippen LogP contribution in [0.15, 0.2) is 78.5 Å². The minimum Gasteiger partial charge on any atom is -0.490 e. The van der Waals surface area contributed by atoms with Crippen molar-refractivity contribution in [3.05, 3.63) is 89.6 Å². The molecular formula is C27H25N3O4S. The number of nitrogens with one attached hydrogen (secondary N) is 2. The van der Waals surface area contributed by atoms with E-state index in [0.717, 1.165) is 16.8 Å². The zero-order chi connectivity index (χ0) is 24.8. The van der Waals surface area contributed by atoms with Gasteiger partial charge in [0, 0.05) is 5.69 Å². The fourth-order valence-electron chi connectivity index (χ4n) is 3.56. The summed E-state index contributed by atoms with van der Waals surface area (Å²) in [5, 5.41) is 6.14. The molecule has 3 aromatic rings. The highest BCUT2D eigenvalue weighted by molar-refractivity contribution is 7.80. The van der Waals surface area contributed by atoms with Crippen LogP contribution in [-0.4, -0.2) is 30.1 Å². The van der Waals surface area contributed by atoms with E-state index in [1.807, 2.05) is 68.4 Å². The molecule has 178 valence electrons. The Morgan fingerprint density at radius 2 is 1.77 bits per heavy atom. The Bertz CT molecular complexity index is 1290. The Balaban J connectivity index is 1.48. The van der Waals surface area contributed by atoms with Crippen LogP contribution in [0.25, 0.3) is 6.08 Å². The Morgan fingerprint density at radius 1 is 1.03 bits per heavy atom. The summed E-state index contributed by atoms with van der Waals surface area (Å²) in [6.07, 6.45) is 1.70. The molecule has 0 aliphatic carbocycles. The summed E-state index contributed by atoms with van der Waals surface area (Å²) in [5.41, 5.74) is 3.48. The molecule has 0 unspecified atom stereocenters. The second-order valence-corrected chi connectivity index (χ2v) is 8.14. The average Bonchev–Trinajstić information content (AvgIpc) is 3.13. The van der Waals surface area contributed by atoms with Crippen LogP contribution in [0.3, 0.4) is 0 Å². The van der Waals surface area contributed by atoms with E-state index in [-0.39, 0.29) is 18.4 Å². The number of ether oxygens (including phenoxy) is 2. The molecule has 0 atom stereocenters. The Hall–Kier alpha value is -4.17. The van der Waals surface area contributed by atoms with Crippen LogP contribution in [0, 0.1) is 6.92 Å². The highest BCUT2D eigenvalue weighted by atomic mass is 32.1. The highest BCUT2D eigenvalue weighted by Gasteiger charge is 2.31. The Morgan fingerprint density at radius 3 is 2.51 bits per heavy atom. The van der Waals surface area contributed by atoms with Crippen molar-refractivity contribution in [3.8, 4) is 11.5 Å². The van der Waals surface area contributed by atoms with E-state index in [9.17, 15) is 9.59 Å². The monoisotopic (exact) mass is 487 g/mol. The second kappa shape index (κ2) is 10.8. The average molecular weight is 488 g/mol. The lowest BCUT2D eigenvalue weighted by Crippen LogP contribution is -2.30. The quantitative estimate of drug-likeness (QED) is 0.355. The summed E-state index contributed by atoms with van der Waals surface area (Å²) >= 11 is 5.37. The molecule has 1 aliphatic rings. The standard InChI is InChI=1S/C27H25N3O4S/c1-3-33-24-16-19(15-22-26(32)30(27(35)29-22)20-10-5-4-6-11-20)13-14-23(24)34-17-25(31)28-21-12-8-7-9-18(21)2/h4-16H,3,17H2,1-2H3,(H,28,31)(H,29,35)/b22-15+. The van der Waals surface area contributed by atoms with E-state index in [4.69, 9.17) is 21.7 Å². The molecular weight excluding hydrogens is 462 g/mol. The number of amides is 2. The van der Waals surface area contributed by atoms with Gasteiger partial charge in [-0.3, -0.25) is 14.5 Å². The van der Waals surface area contributed by atoms with Gasteiger partial charge in [-0.05, 0) is 73.6 Å². The molecule has 2 N–H and O–H groups in total. The molecule has 3 aromatic carbocycles. The number of benzene rings is 3. The van der Waals surface area contributed by atoms with E-state index in [0.29, 0.717) is 34.6 Å². The summed E-state index contributed by atoms with van der Waals surface area (Å²) in [5.74, 6) is 0.384. The van der Waals surface area contributed by atoms with Gasteiger partial charge in [-0.1, -0.05) is 42.5 Å². The lowest BCUT2D eigenvalue weighted by molar-refractivity contribution is -0.118. The van der Waals surface area contributed by atoms with Gasteiger partial charge >= 0.3 is 0 Å². The second-order valence-electron chi connectivity index (χ2n) is 7.76. The normalized spacial score (nSPS) is 14.1. The highest BCUT2D eigenvalue weighted by Crippen LogP contribution is 2.30. The number of aryl methyl sites for hydroxylation is 1. The molecule has 7 nitrogen and oxygen atoms in total. The van der Waals surface area contributed by atoms with Gasteiger partial charge in [-0.25, -0.2) is 0 Å². The molecule has 1 fully saturated rings. The maximum absolute atomic E-state index is 13.0. The third-order valence-electron chi connectivity index (χ3n) is 5.25. The summed E-state index contributed by atoms with van der Waals surface area (Å²) in [6.45, 7) is 4.02. The molecule has 35 heavy (non-hydrogen) atoms. The van der Waals surface area contributed by atoms with Crippen molar-refractivity contribution >= 4 is 46.6 Å². The lowest BCUT2D eigenvalue weighted by atomic mass is 10.1. The van der Waals surface area contributed by atoms with E-state index in [1.54, 1.807) is 24.3 Å². The molecule has 8 heteroatoms. The van der Waals surface area contributed by atoms with Crippen LogP contribution in [0.2, 0.25) is 0 Å². The summed E-state index contributed by atoms with van der Waals surface area (Å²) in [6, 6.07) is 22.0. The Labute approximate surface area is 209 Å². The number of hydrogen-bond acceptors (Lipinski definition) is 5. The first-order valence-electron chi connectivity index (χ1n) is 11.1. The number of para-hydroxylation sites is 2. The van der Waals surface area contributed by atoms with Crippen molar-refractivity contribution in [2.75, 3.05) is 23.4 Å². The largest absolute Gasteiger partial charge is 0.490 e. The van der Waals surface area contributed by atoms with E-state index < -0.39 is 0 Å². The van der Waals surface area contributed by atoms with Gasteiger partial charge in [0.05, 0.1) is 12.3 Å². The number of rotatable bonds is 8. The molecule has 1 heterocycles. The van der Waals surface area contributed by atoms with Crippen LogP contribution in [0.5, 0.6) is 11.5 Å². The van der Waals surface area contributed by atoms with Gasteiger partial charge in [-0.15, -0.1) is 0 Å². The molecule has 4 rings (SSSR count). The van der Waals surface area contributed by atoms with Crippen LogP contribution in [0.1, 0.15) is 18.1 Å². The number of hydrogen-bond donors (Lipinski definition) is 2. The maximum atomic E-state index is 13.0. The number of anilines is 2. The SMILES string of the molecule is CCOc1cc(/C=C2/NC(=S)N(c3ccccc3)C2=O)ccc1OCC(=O)Nc1ccccc1C. The molecule has 0 radical (unpaired) electrons.